The number of amides is 17. The third-order valence-electron chi connectivity index (χ3n) is 28.3. The Bertz CT molecular complexity index is 4250. The summed E-state index contributed by atoms with van der Waals surface area (Å²) in [5, 5.41) is 50.0. The number of rotatable bonds is 18. The van der Waals surface area contributed by atoms with Gasteiger partial charge < -0.3 is 107 Å². The summed E-state index contributed by atoms with van der Waals surface area (Å²) in [4.78, 5) is 256. The minimum absolute atomic E-state index is 0.00139. The number of likely N-dealkylation sites (N-methyl/N-ethyl adjacent to an activating group) is 9. The Labute approximate surface area is 868 Å². The van der Waals surface area contributed by atoms with Gasteiger partial charge in [0.2, 0.25) is 65.0 Å². The van der Waals surface area contributed by atoms with Crippen LogP contribution in [-0.2, 0) is 120 Å². The van der Waals surface area contributed by atoms with Crippen molar-refractivity contribution in [3.63, 3.8) is 0 Å². The number of carbonyl (C=O) groups excluding carboxylic acids is 21. The molecule has 14 aliphatic rings. The predicted octanol–water partition coefficient (Wildman–Crippen LogP) is -6.59. The Morgan fingerprint density at radius 3 is 1.08 bits per heavy atom. The monoisotopic (exact) mass is 2100 g/mol. The second-order valence-corrected chi connectivity index (χ2v) is 38.1. The molecule has 0 radical (unpaired) electrons. The minimum atomic E-state index is -0.673. The first-order valence-electron chi connectivity index (χ1n) is 51.5. The van der Waals surface area contributed by atoms with Crippen molar-refractivity contribution >= 4 is 125 Å². The first-order chi connectivity index (χ1) is 70.5. The fourth-order valence-corrected chi connectivity index (χ4v) is 20.0. The van der Waals surface area contributed by atoms with E-state index in [0.29, 0.717) is 117 Å². The second kappa shape index (κ2) is 62.6. The molecule has 0 spiro atoms. The highest BCUT2D eigenvalue weighted by atomic mass is 16.5. The van der Waals surface area contributed by atoms with Gasteiger partial charge in [0.15, 0.2) is 11.8 Å². The normalized spacial score (nSPS) is 26.9. The number of cyclic esters (lactones) is 1. The molecule has 0 aromatic rings. The van der Waals surface area contributed by atoms with Crippen LogP contribution >= 0.6 is 0 Å². The number of esters is 1. The molecule has 0 aromatic carbocycles. The van der Waals surface area contributed by atoms with Gasteiger partial charge in [0.25, 0.3) is 35.4 Å². The number of ether oxygens (including phenoxy) is 4. The summed E-state index contributed by atoms with van der Waals surface area (Å²) in [6, 6.07) is -4.90. The van der Waals surface area contributed by atoms with E-state index < -0.39 is 48.3 Å². The first kappa shape index (κ1) is 126. The molecule has 836 valence electrons. The molecular weight excluding hydrogens is 1930 g/mol. The molecule has 17 amide bonds. The Morgan fingerprint density at radius 2 is 0.682 bits per heavy atom. The molecule has 14 aliphatic heterocycles. The number of hydrazine groups is 6. The maximum absolute atomic E-state index is 12.8. The third-order valence-corrected chi connectivity index (χ3v) is 28.3. The van der Waals surface area contributed by atoms with Crippen LogP contribution in [0.3, 0.4) is 0 Å². The van der Waals surface area contributed by atoms with E-state index in [2.05, 4.69) is 58.5 Å². The van der Waals surface area contributed by atoms with E-state index >= 15 is 0 Å². The maximum atomic E-state index is 12.8. The summed E-state index contributed by atoms with van der Waals surface area (Å²) >= 11 is 0. The van der Waals surface area contributed by atoms with Crippen LogP contribution in [-0.4, -0.2) is 516 Å². The van der Waals surface area contributed by atoms with Gasteiger partial charge in [0.1, 0.15) is 80.7 Å². The molecule has 148 heavy (non-hydrogen) atoms. The quantitative estimate of drug-likeness (QED) is 0.0449. The van der Waals surface area contributed by atoms with E-state index in [1.807, 2.05) is 13.8 Å². The van der Waals surface area contributed by atoms with Gasteiger partial charge >= 0.3 is 5.97 Å². The van der Waals surface area contributed by atoms with Crippen LogP contribution in [0.25, 0.3) is 0 Å². The Balaban J connectivity index is 0.000000258. The van der Waals surface area contributed by atoms with Crippen LogP contribution in [0.15, 0.2) is 0 Å². The van der Waals surface area contributed by atoms with E-state index in [9.17, 15) is 101 Å². The van der Waals surface area contributed by atoms with E-state index in [1.165, 1.54) is 99.7 Å². The lowest BCUT2D eigenvalue weighted by molar-refractivity contribution is -0.178. The van der Waals surface area contributed by atoms with Gasteiger partial charge in [-0.25, -0.2) is 34.8 Å². The number of ketones is 1. The summed E-state index contributed by atoms with van der Waals surface area (Å²) < 4.78 is 20.4. The number of carbonyl (C=O) groups is 21. The second-order valence-electron chi connectivity index (χ2n) is 38.1. The lowest BCUT2D eigenvalue weighted by Gasteiger charge is -2.43. The van der Waals surface area contributed by atoms with Crippen molar-refractivity contribution in [2.45, 2.75) is 281 Å². The standard InChI is InChI=1S/C15H25N3O4.C14H24N4O4.C13H22N4O3.C11H18N4O3.C11H20N4O2.C11H17N3O4.C11H19N3O3.2C5H11NO/c1-10(19)13-6-4-5-11-7-17(14(20)9-22-3)8-12(16-2)15(21)18(11)13;1-10(19)17-6-4-5-11-7-16(13(20)9-22-3)8-12(15-2)14(21)18(11)17;1-9(18)15-7-11-5-4-6-16(10(2)19)17(11)13(20)12(8-15)14-3;1-7(16)14-5-3-4-9-10(17)13-6-8(12-2)11(18)15(9)14;1-8(16)14-5-3-4-9-6-13-7-10(12-2)11(17)15(9)14;1-7(15)13-5-3-4-9-11(17)18-6-8(12-2)10(16)14(9)13;1-8(15)13-5-3-4-9-6-17-7-10(12-2)11(16)14(9)13;2*1-3-5(4-7)6-2/h11-13,16H,4-9H2,1-3H3;11-12,15H,4-9H2,1-3H3;11-12,14H,4-8H2,1-3H3;8-9,12H,3-6H2,1-2H3,(H,13,17);9-10,12-13H,3-7H2,1-2H3;8-9,12H,3-6H2,1-2H3;9-10,12H,3-7H2,1-2H3;2*4-6H,3H2,1-2H3/t11-,12?,13+;;11-,12+;8-,9+;9-,10+;8-,9+;9-,10+;5-;/m1.101010./s1. The SMILES string of the molecule is CCC(C=O)NC.CC[C@@H](C=O)NC.CNC1CN(C(=O)COC)CC2CCCN(C(C)=O)N2C1=O.CNC1CN(C(=O)COC)C[C@H]2CCC[C@@H](C(C)=O)N2C1=O.CN[C@H]1CN(C(C)=O)C[C@H]2CCCN(C(C)=O)N2C1=O.CN[C@H]1CNC(=O)[C@H]2CCCN(C(C)=O)N2C1=O.CN[C@H]1CNC[C@H]2CCCN(C(C)=O)N2C1=O.CN[C@H]1COC(=O)[C@H]2CCCN(C(C)=O)N2C1=O.CN[C@H]1COC[C@H]2CCCN(C(C)=O)N2C1=O. The number of nitrogens with one attached hydrogen (secondary N) is 11. The van der Waals surface area contributed by atoms with Crippen LogP contribution in [0, 0.1) is 0 Å². The van der Waals surface area contributed by atoms with Crippen LogP contribution < -0.4 is 58.5 Å². The number of fused-ring (bicyclic) bond motifs is 7. The molecule has 52 nitrogen and oxygen atoms in total. The zero-order valence-electron chi connectivity index (χ0n) is 90.5. The Hall–Kier alpha value is -11.0. The average molecular weight is 2100 g/mol. The van der Waals surface area contributed by atoms with Crippen molar-refractivity contribution in [1.82, 2.24) is 138 Å². The van der Waals surface area contributed by atoms with Crippen molar-refractivity contribution < 1.29 is 120 Å². The van der Waals surface area contributed by atoms with Crippen molar-refractivity contribution in [1.29, 1.82) is 0 Å². The minimum Gasteiger partial charge on any atom is -0.462 e. The van der Waals surface area contributed by atoms with Crippen LogP contribution in [0.5, 0.6) is 0 Å². The molecule has 0 aromatic heterocycles. The van der Waals surface area contributed by atoms with Crippen molar-refractivity contribution in [3.05, 3.63) is 0 Å². The molecule has 0 bridgehead atoms. The zero-order chi connectivity index (χ0) is 110. The smallest absolute Gasteiger partial charge is 0.331 e. The average Bonchev–Trinajstić information content (AvgIpc) is 1.62. The molecule has 4 unspecified atom stereocenters. The lowest BCUT2D eigenvalue weighted by Crippen LogP contribution is -2.61. The highest BCUT2D eigenvalue weighted by Gasteiger charge is 2.51. The van der Waals surface area contributed by atoms with Crippen LogP contribution in [0.4, 0.5) is 0 Å². The predicted molar refractivity (Wildman–Crippen MR) is 538 cm³/mol. The van der Waals surface area contributed by atoms with Gasteiger partial charge in [-0.05, 0) is 180 Å². The summed E-state index contributed by atoms with van der Waals surface area (Å²) in [7, 11) is 18.4. The number of hydrogen-bond acceptors (Lipinski definition) is 35. The van der Waals surface area contributed by atoms with Gasteiger partial charge in [0.05, 0.1) is 61.5 Å². The third kappa shape index (κ3) is 33.5. The largest absolute Gasteiger partial charge is 0.462 e. The highest BCUT2D eigenvalue weighted by Crippen LogP contribution is 2.32. The number of methoxy groups -OCH3 is 2. The Morgan fingerprint density at radius 1 is 0.351 bits per heavy atom. The van der Waals surface area contributed by atoms with E-state index in [4.69, 9.17) is 18.9 Å². The summed E-state index contributed by atoms with van der Waals surface area (Å²) in [6.07, 6.45) is 15.6. The van der Waals surface area contributed by atoms with Gasteiger partial charge in [-0.2, -0.15) is 0 Å². The molecule has 0 saturated carbocycles. The fourth-order valence-electron chi connectivity index (χ4n) is 20.0. The summed E-state index contributed by atoms with van der Waals surface area (Å²) in [5.41, 5.74) is 0. The molecule has 14 saturated heterocycles. The van der Waals surface area contributed by atoms with Gasteiger partial charge in [0, 0.05) is 161 Å². The summed E-state index contributed by atoms with van der Waals surface area (Å²) in [5.74, 6) is -2.73. The topological polar surface area (TPSA) is 580 Å². The van der Waals surface area contributed by atoms with Crippen molar-refractivity contribution in [2.24, 2.45) is 0 Å². The van der Waals surface area contributed by atoms with Gasteiger partial charge in [-0.3, -0.25) is 116 Å². The fraction of sp³-hybridized carbons (Fsp3) is 0.781. The number of aldehydes is 2. The molecule has 14 heterocycles. The van der Waals surface area contributed by atoms with Gasteiger partial charge in [-0.15, -0.1) is 0 Å². The Kier molecular flexibility index (Phi) is 53.1. The number of hydrogen-bond donors (Lipinski definition) is 11. The summed E-state index contributed by atoms with van der Waals surface area (Å²) in [6.45, 7) is 23.9. The number of nitrogens with zero attached hydrogens (tertiary/aromatic N) is 16. The van der Waals surface area contributed by atoms with Crippen molar-refractivity contribution in [2.75, 3.05) is 209 Å². The highest BCUT2D eigenvalue weighted by molar-refractivity contribution is 5.96. The van der Waals surface area contributed by atoms with E-state index in [-0.39, 0.29) is 200 Å². The van der Waals surface area contributed by atoms with Crippen LogP contribution in [0.2, 0.25) is 0 Å². The zero-order valence-corrected chi connectivity index (χ0v) is 90.5. The molecule has 0 aliphatic carbocycles. The van der Waals surface area contributed by atoms with Crippen LogP contribution in [0.1, 0.15) is 178 Å². The van der Waals surface area contributed by atoms with Crippen molar-refractivity contribution in [3.8, 4) is 0 Å². The van der Waals surface area contributed by atoms with Gasteiger partial charge in [-0.1, -0.05) is 13.8 Å². The molecule has 11 N–H and O–H groups in total. The maximum Gasteiger partial charge on any atom is 0.331 e. The van der Waals surface area contributed by atoms with E-state index in [1.54, 1.807) is 113 Å². The molecule has 52 heteroatoms. The number of piperidine rings is 1. The lowest BCUT2D eigenvalue weighted by atomic mass is 9.93. The first-order valence-corrected chi connectivity index (χ1v) is 51.5. The molecule has 14 fully saturated rings. The van der Waals surface area contributed by atoms with E-state index in [0.717, 1.165) is 103 Å². The molecule has 14 rings (SSSR count). The molecule has 17 atom stereocenters. The number of Topliss-reactive ketones (excluding diaryl/α,β-unsaturated/α-hetero) is 1. The molecular formula is C96H167N27O25.